The Morgan fingerprint density at radius 1 is 0.766 bits per heavy atom. The van der Waals surface area contributed by atoms with Crippen LogP contribution in [0, 0.1) is 0 Å². The Kier molecular flexibility index (Phi) is 14.5. The molecule has 0 unspecified atom stereocenters. The van der Waals surface area contributed by atoms with E-state index in [-0.39, 0.29) is 0 Å². The second-order valence-electron chi connectivity index (χ2n) is 9.81. The molecule has 2 fully saturated rings. The Morgan fingerprint density at radius 3 is 1.85 bits per heavy atom. The summed E-state index contributed by atoms with van der Waals surface area (Å²) in [5.74, 6) is -4.73. The van der Waals surface area contributed by atoms with Crippen molar-refractivity contribution >= 4 is 76.8 Å². The van der Waals surface area contributed by atoms with Crippen LogP contribution in [-0.4, -0.2) is 125 Å². The number of halogens is 3. The van der Waals surface area contributed by atoms with E-state index in [1.807, 2.05) is 0 Å². The predicted molar refractivity (Wildman–Crippen MR) is 150 cm³/mol. The van der Waals surface area contributed by atoms with Gasteiger partial charge in [-0.3, -0.25) is 24.0 Å². The van der Waals surface area contributed by atoms with Gasteiger partial charge >= 0.3 is 30.2 Å². The topological polar surface area (TPSA) is 287 Å². The van der Waals surface area contributed by atoms with Crippen LogP contribution in [0.5, 0.6) is 0 Å². The molecule has 2 heterocycles. The molecule has 23 heteroatoms. The predicted octanol–water partition coefficient (Wildman–Crippen LogP) is -1.41. The van der Waals surface area contributed by atoms with Crippen molar-refractivity contribution in [3.63, 3.8) is 0 Å². The molecule has 0 spiro atoms. The third-order valence-electron chi connectivity index (χ3n) is 5.99. The van der Waals surface area contributed by atoms with Crippen LogP contribution in [-0.2, 0) is 66.6 Å². The fourth-order valence-electron chi connectivity index (χ4n) is 4.44. The van der Waals surface area contributed by atoms with Gasteiger partial charge in [-0.15, -0.1) is 0 Å². The summed E-state index contributed by atoms with van der Waals surface area (Å²) in [6.45, 7) is 2.62. The number of carbonyl (C=O) groups excluding carboxylic acids is 7. The molecule has 266 valence electrons. The summed E-state index contributed by atoms with van der Waals surface area (Å²) in [6.07, 6.45) is -20.1. The summed E-state index contributed by atoms with van der Waals surface area (Å²) < 4.78 is 45.3. The molecule has 2 rings (SSSR count). The van der Waals surface area contributed by atoms with Gasteiger partial charge in [0.2, 0.25) is 9.70 Å². The third kappa shape index (κ3) is 12.3. The van der Waals surface area contributed by atoms with Crippen LogP contribution in [0.3, 0.4) is 0 Å². The fourth-order valence-corrected chi connectivity index (χ4v) is 4.61. The van der Waals surface area contributed by atoms with Crippen molar-refractivity contribution in [3.8, 4) is 0 Å². The number of rotatable bonds is 11. The summed E-state index contributed by atoms with van der Waals surface area (Å²) >= 11 is 16.7. The van der Waals surface area contributed by atoms with Crippen molar-refractivity contribution < 1.29 is 81.3 Å². The first-order valence-electron chi connectivity index (χ1n) is 13.2. The van der Waals surface area contributed by atoms with Crippen LogP contribution in [0.25, 0.3) is 0 Å². The van der Waals surface area contributed by atoms with Crippen LogP contribution in [0.15, 0.2) is 0 Å². The van der Waals surface area contributed by atoms with Crippen molar-refractivity contribution in [1.82, 2.24) is 5.32 Å². The fraction of sp³-hybridized carbons (Fsp3) is 0.708. The molecule has 0 aromatic carbocycles. The van der Waals surface area contributed by atoms with Crippen molar-refractivity contribution in [3.05, 3.63) is 0 Å². The van der Waals surface area contributed by atoms with E-state index >= 15 is 0 Å². The maximum Gasteiger partial charge on any atom is 0.508 e. The number of carbonyl (C=O) groups is 7. The number of hydrogen-bond donors (Lipinski definition) is 4. The molecule has 2 aliphatic rings. The largest absolute Gasteiger partial charge is 0.508 e. The number of hydrogen-bond acceptors (Lipinski definition) is 17. The van der Waals surface area contributed by atoms with Gasteiger partial charge in [-0.2, -0.15) is 0 Å². The zero-order chi connectivity index (χ0) is 35.8. The first kappa shape index (κ1) is 39.8. The Morgan fingerprint density at radius 2 is 1.36 bits per heavy atom. The zero-order valence-electron chi connectivity index (χ0n) is 25.0. The Balaban J connectivity index is 2.60. The molecule has 0 saturated carbocycles. The summed E-state index contributed by atoms with van der Waals surface area (Å²) in [6, 6.07) is -1.58. The molecule has 3 amide bonds. The van der Waals surface area contributed by atoms with E-state index in [1.54, 1.807) is 0 Å². The smallest absolute Gasteiger partial charge is 0.463 e. The van der Waals surface area contributed by atoms with Crippen molar-refractivity contribution in [1.29, 1.82) is 0 Å². The lowest BCUT2D eigenvalue weighted by Crippen LogP contribution is -2.69. The number of nitrogens with two attached hydrogens (primary N) is 2. The minimum atomic E-state index is -2.25. The van der Waals surface area contributed by atoms with Gasteiger partial charge in [0.25, 0.3) is 5.91 Å². The molecule has 20 nitrogen and oxygen atoms in total. The van der Waals surface area contributed by atoms with E-state index < -0.39 is 120 Å². The van der Waals surface area contributed by atoms with Crippen LogP contribution in [0.4, 0.5) is 9.59 Å². The number of alkyl halides is 3. The minimum Gasteiger partial charge on any atom is -0.463 e. The molecule has 0 aromatic rings. The molecular formula is C24H32Cl3N3O17. The number of amides is 3. The maximum absolute atomic E-state index is 12.4. The molecule has 0 bridgehead atoms. The molecular weight excluding hydrogens is 709 g/mol. The molecule has 6 N–H and O–H groups in total. The van der Waals surface area contributed by atoms with Gasteiger partial charge in [0.15, 0.2) is 49.2 Å². The quantitative estimate of drug-likeness (QED) is 0.107. The second kappa shape index (κ2) is 17.1. The third-order valence-corrected chi connectivity index (χ3v) is 6.32. The van der Waals surface area contributed by atoms with Crippen molar-refractivity contribution in [2.24, 2.45) is 11.5 Å². The number of primary amides is 2. The molecule has 0 radical (unpaired) electrons. The highest BCUT2D eigenvalue weighted by Crippen LogP contribution is 2.34. The standard InChI is InChI=1S/C24H32Cl3N3O17/c1-7(31)30-12-14(42-10(4)34)13(41-9(3)33)11(5-39-8(2)32)43-21(12)45-18-16(46-22(29)37)15(17(19(28)35)44-20(18)36)47-23(38)40-6-24(25,26)27/h11-18,20-21,36H,5-6H2,1-4H3,(H2,28,35)(H2,29,37)(H,30,31)/t11-,12-,13-,14-,15-,16+,17+,18-,20+,21+/m1/s1. The lowest BCUT2D eigenvalue weighted by Gasteiger charge is -2.48. The number of esters is 3. The molecule has 2 aliphatic heterocycles. The lowest BCUT2D eigenvalue weighted by molar-refractivity contribution is -0.342. The highest BCUT2D eigenvalue weighted by Gasteiger charge is 2.57. The molecule has 0 aliphatic carbocycles. The summed E-state index contributed by atoms with van der Waals surface area (Å²) in [7, 11) is 0. The first-order chi connectivity index (χ1) is 21.7. The van der Waals surface area contributed by atoms with Gasteiger partial charge in [0.05, 0.1) is 0 Å². The molecule has 10 atom stereocenters. The Bertz CT molecular complexity index is 1200. The number of aliphatic hydroxyl groups is 1. The number of ether oxygens (including phenoxy) is 9. The monoisotopic (exact) mass is 739 g/mol. The average Bonchev–Trinajstić information content (AvgIpc) is 2.91. The van der Waals surface area contributed by atoms with E-state index in [2.05, 4.69) is 10.1 Å². The van der Waals surface area contributed by atoms with Gasteiger partial charge in [-0.05, 0) is 0 Å². The van der Waals surface area contributed by atoms with E-state index in [0.29, 0.717) is 0 Å². The van der Waals surface area contributed by atoms with E-state index in [0.717, 1.165) is 27.7 Å². The summed E-state index contributed by atoms with van der Waals surface area (Å²) in [5, 5.41) is 13.3. The average molecular weight is 741 g/mol. The normalized spacial score (nSPS) is 30.6. The molecule has 47 heavy (non-hydrogen) atoms. The van der Waals surface area contributed by atoms with Gasteiger partial charge < -0.3 is 64.5 Å². The Labute approximate surface area is 280 Å². The number of nitrogens with one attached hydrogen (secondary N) is 1. The zero-order valence-corrected chi connectivity index (χ0v) is 27.2. The summed E-state index contributed by atoms with van der Waals surface area (Å²) in [4.78, 5) is 84.6. The van der Waals surface area contributed by atoms with Crippen LogP contribution < -0.4 is 16.8 Å². The number of aliphatic hydroxyl groups excluding tert-OH is 1. The molecule has 2 saturated heterocycles. The lowest BCUT2D eigenvalue weighted by atomic mass is 9.94. The van der Waals surface area contributed by atoms with Crippen LogP contribution in [0.2, 0.25) is 0 Å². The minimum absolute atomic E-state index is 0.632. The van der Waals surface area contributed by atoms with Crippen molar-refractivity contribution in [2.75, 3.05) is 13.2 Å². The molecule has 0 aromatic heterocycles. The van der Waals surface area contributed by atoms with E-state index in [9.17, 15) is 38.7 Å². The Hall–Kier alpha value is -3.40. The summed E-state index contributed by atoms with van der Waals surface area (Å²) in [5.41, 5.74) is 10.5. The SMILES string of the molecule is CC(=O)N[C@H]1[C@H](O[C@@H]2[C@@H](OC(N)=O)[C@@H](OC(=O)OCC(Cl)(Cl)Cl)[C@@H](C(N)=O)O[C@@H]2O)O[C@H](COC(C)=O)[C@@H](OC(C)=O)[C@@H]1OC(C)=O. The first-order valence-corrected chi connectivity index (χ1v) is 14.4. The van der Waals surface area contributed by atoms with Gasteiger partial charge in [-0.1, -0.05) is 34.8 Å². The van der Waals surface area contributed by atoms with Gasteiger partial charge in [0, 0.05) is 27.7 Å². The van der Waals surface area contributed by atoms with Gasteiger partial charge in [0.1, 0.15) is 25.4 Å². The van der Waals surface area contributed by atoms with E-state index in [4.69, 9.17) is 84.2 Å². The van der Waals surface area contributed by atoms with Gasteiger partial charge in [-0.25, -0.2) is 9.59 Å². The highest BCUT2D eigenvalue weighted by atomic mass is 35.6. The van der Waals surface area contributed by atoms with Crippen LogP contribution in [0.1, 0.15) is 27.7 Å². The second-order valence-corrected chi connectivity index (χ2v) is 12.3. The van der Waals surface area contributed by atoms with Crippen LogP contribution >= 0.6 is 34.8 Å². The maximum atomic E-state index is 12.4. The van der Waals surface area contributed by atoms with Crippen molar-refractivity contribution in [2.45, 2.75) is 92.8 Å². The highest BCUT2D eigenvalue weighted by molar-refractivity contribution is 6.67. The van der Waals surface area contributed by atoms with E-state index in [1.165, 1.54) is 0 Å².